The maximum atomic E-state index is 13.3. The summed E-state index contributed by atoms with van der Waals surface area (Å²) in [4.78, 5) is 27.6. The Morgan fingerprint density at radius 1 is 1.00 bits per heavy atom. The zero-order valence-electron chi connectivity index (χ0n) is 17.7. The van der Waals surface area contributed by atoms with Crippen LogP contribution in [0.2, 0.25) is 0 Å². The first-order chi connectivity index (χ1) is 15.1. The molecule has 0 bridgehead atoms. The number of nitrogens with zero attached hydrogens (tertiary/aromatic N) is 1. The van der Waals surface area contributed by atoms with Crippen LogP contribution < -0.4 is 15.0 Å². The molecule has 0 spiro atoms. The number of hydrogen-bond donors (Lipinski definition) is 1. The van der Waals surface area contributed by atoms with Crippen LogP contribution >= 0.6 is 0 Å². The Morgan fingerprint density at radius 3 is 2.19 bits per heavy atom. The third-order valence-electron chi connectivity index (χ3n) is 5.41. The van der Waals surface area contributed by atoms with Crippen molar-refractivity contribution in [2.45, 2.75) is 32.3 Å². The molecule has 0 aliphatic carbocycles. The minimum absolute atomic E-state index is 0.0423. The fraction of sp³-hybridized carbons (Fsp3) is 0.231. The summed E-state index contributed by atoms with van der Waals surface area (Å²) in [5.74, 6) is 0.00724. The van der Waals surface area contributed by atoms with Gasteiger partial charge in [-0.15, -0.1) is 0 Å². The number of fused-ring (bicyclic) bond motifs is 1. The summed E-state index contributed by atoms with van der Waals surface area (Å²) < 4.78 is 5.83. The van der Waals surface area contributed by atoms with Crippen LogP contribution in [0.15, 0.2) is 78.9 Å². The first kappa shape index (κ1) is 20.7. The molecule has 31 heavy (non-hydrogen) atoms. The van der Waals surface area contributed by atoms with Crippen molar-refractivity contribution in [1.29, 1.82) is 0 Å². The predicted molar refractivity (Wildman–Crippen MR) is 123 cm³/mol. The second kappa shape index (κ2) is 9.04. The third-order valence-corrected chi connectivity index (χ3v) is 5.41. The summed E-state index contributed by atoms with van der Waals surface area (Å²) >= 11 is 0. The second-order valence-electron chi connectivity index (χ2n) is 7.68. The van der Waals surface area contributed by atoms with Crippen LogP contribution in [0, 0.1) is 0 Å². The molecule has 1 atom stereocenters. The van der Waals surface area contributed by atoms with Crippen LogP contribution in [0.1, 0.15) is 37.3 Å². The quantitative estimate of drug-likeness (QED) is 0.619. The summed E-state index contributed by atoms with van der Waals surface area (Å²) in [7, 11) is 0. The number of amides is 2. The van der Waals surface area contributed by atoms with E-state index in [1.54, 1.807) is 17.9 Å². The summed E-state index contributed by atoms with van der Waals surface area (Å²) in [5, 5.41) is 3.04. The highest BCUT2D eigenvalue weighted by Gasteiger charge is 2.31. The first-order valence-electron chi connectivity index (χ1n) is 10.6. The number of ether oxygens (including phenoxy) is 1. The van der Waals surface area contributed by atoms with E-state index in [-0.39, 0.29) is 11.8 Å². The van der Waals surface area contributed by atoms with Crippen molar-refractivity contribution in [2.24, 2.45) is 0 Å². The Hall–Kier alpha value is -3.60. The molecule has 4 rings (SSSR count). The van der Waals surface area contributed by atoms with Gasteiger partial charge in [0.25, 0.3) is 5.91 Å². The predicted octanol–water partition coefficient (Wildman–Crippen LogP) is 4.98. The zero-order chi connectivity index (χ0) is 21.8. The number of carbonyl (C=O) groups excluding carboxylic acids is 2. The number of carbonyl (C=O) groups is 2. The third kappa shape index (κ3) is 4.31. The van der Waals surface area contributed by atoms with Crippen molar-refractivity contribution < 1.29 is 14.3 Å². The Kier molecular flexibility index (Phi) is 6.03. The second-order valence-corrected chi connectivity index (χ2v) is 7.68. The van der Waals surface area contributed by atoms with Crippen molar-refractivity contribution in [3.8, 4) is 5.75 Å². The average molecular weight is 415 g/mol. The summed E-state index contributed by atoms with van der Waals surface area (Å²) in [5.41, 5.74) is 3.23. The lowest BCUT2D eigenvalue weighted by Gasteiger charge is -2.33. The molecule has 0 saturated carbocycles. The van der Waals surface area contributed by atoms with Crippen LogP contribution in [-0.2, 0) is 9.59 Å². The molecule has 1 heterocycles. The van der Waals surface area contributed by atoms with Crippen LogP contribution in [-0.4, -0.2) is 24.5 Å². The van der Waals surface area contributed by atoms with Gasteiger partial charge < -0.3 is 15.0 Å². The summed E-state index contributed by atoms with van der Waals surface area (Å²) in [6, 6.07) is 24.9. The number of hydrogen-bond acceptors (Lipinski definition) is 3. The van der Waals surface area contributed by atoms with Crippen LogP contribution in [0.5, 0.6) is 5.75 Å². The van der Waals surface area contributed by atoms with E-state index in [2.05, 4.69) is 5.32 Å². The monoisotopic (exact) mass is 414 g/mol. The van der Waals surface area contributed by atoms with Gasteiger partial charge in [-0.25, -0.2) is 0 Å². The van der Waals surface area contributed by atoms with Crippen molar-refractivity contribution >= 4 is 23.2 Å². The molecule has 0 saturated heterocycles. The molecule has 0 radical (unpaired) electrons. The number of nitrogens with one attached hydrogen (secondary N) is 1. The van der Waals surface area contributed by atoms with Gasteiger partial charge in [0, 0.05) is 18.3 Å². The molecule has 0 aromatic heterocycles. The fourth-order valence-electron chi connectivity index (χ4n) is 3.94. The van der Waals surface area contributed by atoms with Gasteiger partial charge in [-0.1, -0.05) is 67.6 Å². The van der Waals surface area contributed by atoms with Gasteiger partial charge in [0.2, 0.25) is 5.91 Å². The van der Waals surface area contributed by atoms with E-state index in [9.17, 15) is 9.59 Å². The molecule has 158 valence electrons. The number of benzene rings is 3. The van der Waals surface area contributed by atoms with E-state index >= 15 is 0 Å². The van der Waals surface area contributed by atoms with Crippen LogP contribution in [0.25, 0.3) is 0 Å². The van der Waals surface area contributed by atoms with E-state index in [4.69, 9.17) is 4.74 Å². The van der Waals surface area contributed by atoms with Gasteiger partial charge in [-0.05, 0) is 36.6 Å². The van der Waals surface area contributed by atoms with Crippen molar-refractivity contribution in [3.63, 3.8) is 0 Å². The van der Waals surface area contributed by atoms with Gasteiger partial charge >= 0.3 is 0 Å². The van der Waals surface area contributed by atoms with Gasteiger partial charge in [0.05, 0.1) is 11.6 Å². The molecule has 0 fully saturated rings. The Bertz CT molecular complexity index is 1030. The molecule has 2 amide bonds. The van der Waals surface area contributed by atoms with E-state index in [1.165, 1.54) is 0 Å². The number of rotatable bonds is 6. The summed E-state index contributed by atoms with van der Waals surface area (Å²) in [6.07, 6.45) is 0.304. The maximum absolute atomic E-state index is 13.3. The van der Waals surface area contributed by atoms with Crippen molar-refractivity contribution in [2.75, 3.05) is 16.8 Å². The van der Waals surface area contributed by atoms with E-state index in [0.717, 1.165) is 23.2 Å². The van der Waals surface area contributed by atoms with Gasteiger partial charge in [0.1, 0.15) is 5.75 Å². The van der Waals surface area contributed by atoms with Gasteiger partial charge in [0.15, 0.2) is 6.10 Å². The van der Waals surface area contributed by atoms with Crippen LogP contribution in [0.4, 0.5) is 11.4 Å². The average Bonchev–Trinajstić information content (AvgIpc) is 2.78. The van der Waals surface area contributed by atoms with Crippen molar-refractivity contribution in [1.82, 2.24) is 0 Å². The highest BCUT2D eigenvalue weighted by molar-refractivity contribution is 6.01. The smallest absolute Gasteiger partial charge is 0.267 e. The molecular weight excluding hydrogens is 388 g/mol. The highest BCUT2D eigenvalue weighted by atomic mass is 16.5. The molecule has 5 heteroatoms. The lowest BCUT2D eigenvalue weighted by atomic mass is 9.90. The first-order valence-corrected chi connectivity index (χ1v) is 10.6. The molecule has 1 N–H and O–H groups in total. The Labute approximate surface area is 182 Å². The van der Waals surface area contributed by atoms with E-state index in [0.29, 0.717) is 18.0 Å². The highest BCUT2D eigenvalue weighted by Crippen LogP contribution is 2.37. The molecular formula is C26H26N2O3. The SMILES string of the molecule is CCCN1C(=O)C(C)Oc2cc(NC(=O)C(c3ccccc3)c3ccccc3)ccc21. The molecule has 3 aromatic carbocycles. The Morgan fingerprint density at radius 2 is 1.61 bits per heavy atom. The lowest BCUT2D eigenvalue weighted by molar-refractivity contribution is -0.125. The molecule has 1 aliphatic rings. The number of anilines is 2. The Balaban J connectivity index is 1.63. The molecule has 5 nitrogen and oxygen atoms in total. The lowest BCUT2D eigenvalue weighted by Crippen LogP contribution is -2.44. The fourth-order valence-corrected chi connectivity index (χ4v) is 3.94. The molecule has 3 aromatic rings. The van der Waals surface area contributed by atoms with E-state index < -0.39 is 12.0 Å². The maximum Gasteiger partial charge on any atom is 0.267 e. The minimum atomic E-state index is -0.550. The van der Waals surface area contributed by atoms with Crippen LogP contribution in [0.3, 0.4) is 0 Å². The van der Waals surface area contributed by atoms with Crippen molar-refractivity contribution in [3.05, 3.63) is 90.0 Å². The van der Waals surface area contributed by atoms with E-state index in [1.807, 2.05) is 79.7 Å². The molecule has 1 unspecified atom stereocenters. The standard InChI is InChI=1S/C26H26N2O3/c1-3-16-28-22-15-14-21(17-23(22)31-18(2)26(28)30)27-25(29)24(19-10-6-4-7-11-19)20-12-8-5-9-13-20/h4-15,17-18,24H,3,16H2,1-2H3,(H,27,29). The zero-order valence-corrected chi connectivity index (χ0v) is 17.7. The summed E-state index contributed by atoms with van der Waals surface area (Å²) in [6.45, 7) is 4.42. The normalized spacial score (nSPS) is 15.4. The topological polar surface area (TPSA) is 58.6 Å². The minimum Gasteiger partial charge on any atom is -0.479 e. The largest absolute Gasteiger partial charge is 0.479 e. The van der Waals surface area contributed by atoms with Gasteiger partial charge in [-0.3, -0.25) is 9.59 Å². The molecule has 1 aliphatic heterocycles. The van der Waals surface area contributed by atoms with Gasteiger partial charge in [-0.2, -0.15) is 0 Å².